The molecule has 0 rings (SSSR count). The van der Waals surface area contributed by atoms with Crippen LogP contribution in [-0.4, -0.2) is 82.8 Å². The Morgan fingerprint density at radius 3 is 1.38 bits per heavy atom. The predicted octanol–water partition coefficient (Wildman–Crippen LogP) is 0.717. The van der Waals surface area contributed by atoms with E-state index in [9.17, 15) is 0 Å². The maximum atomic E-state index is 5.32. The lowest BCUT2D eigenvalue weighted by atomic mass is 10.5. The molecule has 0 amide bonds. The lowest BCUT2D eigenvalue weighted by Crippen LogP contribution is -2.39. The van der Waals surface area contributed by atoms with Crippen LogP contribution in [0.3, 0.4) is 0 Å². The van der Waals surface area contributed by atoms with Gasteiger partial charge in [0.1, 0.15) is 26.3 Å². The fourth-order valence-corrected chi connectivity index (χ4v) is 1.01. The van der Waals surface area contributed by atoms with Gasteiger partial charge in [-0.1, -0.05) is 0 Å². The van der Waals surface area contributed by atoms with Crippen LogP contribution in [0.2, 0.25) is 0 Å². The van der Waals surface area contributed by atoms with E-state index in [0.29, 0.717) is 13.2 Å². The first-order valence-electron chi connectivity index (χ1n) is 5.51. The molecule has 0 saturated heterocycles. The summed E-state index contributed by atoms with van der Waals surface area (Å²) in [5, 5.41) is 0.266. The van der Waals surface area contributed by atoms with Crippen LogP contribution in [0.15, 0.2) is 0 Å². The summed E-state index contributed by atoms with van der Waals surface area (Å²) in [7, 11) is 12.7. The summed E-state index contributed by atoms with van der Waals surface area (Å²) in [4.78, 5) is 0. The molecule has 0 heterocycles. The van der Waals surface area contributed by atoms with Crippen LogP contribution in [0.1, 0.15) is 0 Å². The van der Waals surface area contributed by atoms with Crippen molar-refractivity contribution >= 4 is 17.5 Å². The van der Waals surface area contributed by atoms with Crippen molar-refractivity contribution in [2.75, 3.05) is 68.6 Å². The number of nitrogens with zero attached hydrogens (tertiary/aromatic N) is 2. The first kappa shape index (κ1) is 15.6. The number of ether oxygens (including phenoxy) is 2. The predicted molar refractivity (Wildman–Crippen MR) is 70.3 cm³/mol. The Kier molecular flexibility index (Phi) is 6.22. The van der Waals surface area contributed by atoms with Crippen molar-refractivity contribution < 1.29 is 18.4 Å². The first-order valence-corrected chi connectivity index (χ1v) is 5.91. The van der Waals surface area contributed by atoms with Gasteiger partial charge in [0.2, 0.25) is 0 Å². The average molecular weight is 250 g/mol. The zero-order valence-corrected chi connectivity index (χ0v) is 12.3. The van der Waals surface area contributed by atoms with Crippen molar-refractivity contribution in [3.63, 3.8) is 0 Å². The fourth-order valence-electron chi connectivity index (χ4n) is 0.847. The second kappa shape index (κ2) is 6.37. The third kappa shape index (κ3) is 11.7. The van der Waals surface area contributed by atoms with Crippen LogP contribution in [0.4, 0.5) is 0 Å². The van der Waals surface area contributed by atoms with E-state index < -0.39 is 0 Å². The van der Waals surface area contributed by atoms with Crippen LogP contribution in [-0.2, 0) is 9.47 Å². The second-order valence-corrected chi connectivity index (χ2v) is 6.31. The van der Waals surface area contributed by atoms with Crippen molar-refractivity contribution in [2.24, 2.45) is 0 Å². The molecule has 0 N–H and O–H groups in total. The Hall–Kier alpha value is -0.390. The summed E-state index contributed by atoms with van der Waals surface area (Å²) < 4.78 is 12.4. The molecule has 0 bridgehead atoms. The lowest BCUT2D eigenvalue weighted by molar-refractivity contribution is -0.870. The summed E-state index contributed by atoms with van der Waals surface area (Å²) in [5.74, 6) is 0. The molecule has 5 heteroatoms. The summed E-state index contributed by atoms with van der Waals surface area (Å²) in [6.45, 7) is 3.04. The summed E-state index contributed by atoms with van der Waals surface area (Å²) in [6.07, 6.45) is 0. The van der Waals surface area contributed by atoms with E-state index >= 15 is 0 Å². The number of likely N-dealkylation sites (N-methyl/N-ethyl adjacent to an activating group) is 2. The van der Waals surface area contributed by atoms with Crippen molar-refractivity contribution in [1.29, 1.82) is 0 Å². The van der Waals surface area contributed by atoms with Crippen LogP contribution in [0, 0.1) is 0 Å². The van der Waals surface area contributed by atoms with Gasteiger partial charge in [-0.2, -0.15) is 0 Å². The monoisotopic (exact) mass is 250 g/mol. The van der Waals surface area contributed by atoms with Crippen molar-refractivity contribution in [3.8, 4) is 0 Å². The van der Waals surface area contributed by atoms with E-state index in [1.807, 2.05) is 0 Å². The van der Waals surface area contributed by atoms with Gasteiger partial charge < -0.3 is 18.4 Å². The maximum absolute atomic E-state index is 5.32. The molecule has 0 aromatic rings. The SMILES string of the molecule is C[N+](C)(C)CCOC(=S)OCC[N+](C)(C)C. The molecule has 0 saturated carbocycles. The van der Waals surface area contributed by atoms with E-state index in [4.69, 9.17) is 21.7 Å². The molecule has 0 fully saturated rings. The molecule has 0 aliphatic carbocycles. The van der Waals surface area contributed by atoms with E-state index in [2.05, 4.69) is 42.3 Å². The van der Waals surface area contributed by atoms with Crippen molar-refractivity contribution in [2.45, 2.75) is 0 Å². The van der Waals surface area contributed by atoms with Crippen LogP contribution in [0.5, 0.6) is 0 Å². The quantitative estimate of drug-likeness (QED) is 0.511. The highest BCUT2D eigenvalue weighted by molar-refractivity contribution is 7.79. The second-order valence-electron chi connectivity index (χ2n) is 5.97. The minimum atomic E-state index is 0.266. The van der Waals surface area contributed by atoms with Crippen LogP contribution >= 0.6 is 12.2 Å². The molecule has 0 unspecified atom stereocenters. The molecule has 0 aliphatic heterocycles. The van der Waals surface area contributed by atoms with Gasteiger partial charge in [0.05, 0.1) is 42.3 Å². The number of thiocarbonyl (C=S) groups is 1. The van der Waals surface area contributed by atoms with Gasteiger partial charge >= 0.3 is 5.24 Å². The summed E-state index contributed by atoms with van der Waals surface area (Å²) in [5.41, 5.74) is 0. The molecule has 0 spiro atoms. The number of quaternary nitrogens is 2. The van der Waals surface area contributed by atoms with Gasteiger partial charge in [0.25, 0.3) is 0 Å². The minimum absolute atomic E-state index is 0.266. The molecule has 0 aromatic carbocycles. The molecule has 0 atom stereocenters. The van der Waals surface area contributed by atoms with Gasteiger partial charge in [-0.15, -0.1) is 0 Å². The summed E-state index contributed by atoms with van der Waals surface area (Å²) >= 11 is 4.97. The molecule has 4 nitrogen and oxygen atoms in total. The van der Waals surface area contributed by atoms with Gasteiger partial charge in [0, 0.05) is 12.2 Å². The van der Waals surface area contributed by atoms with Gasteiger partial charge in [-0.25, -0.2) is 0 Å². The molecule has 0 aliphatic rings. The third-order valence-corrected chi connectivity index (χ3v) is 2.20. The van der Waals surface area contributed by atoms with Gasteiger partial charge in [0.15, 0.2) is 0 Å². The maximum Gasteiger partial charge on any atom is 0.352 e. The lowest BCUT2D eigenvalue weighted by Gasteiger charge is -2.24. The van der Waals surface area contributed by atoms with Gasteiger partial charge in [-0.05, 0) is 0 Å². The molecule has 16 heavy (non-hydrogen) atoms. The third-order valence-electron chi connectivity index (χ3n) is 1.96. The number of rotatable bonds is 6. The van der Waals surface area contributed by atoms with Gasteiger partial charge in [-0.3, -0.25) is 0 Å². The Balaban J connectivity index is 3.53. The van der Waals surface area contributed by atoms with Crippen LogP contribution < -0.4 is 0 Å². The van der Waals surface area contributed by atoms with Crippen LogP contribution in [0.25, 0.3) is 0 Å². The standard InChI is InChI=1S/C11H26N2O2S/c1-12(2,3)7-9-14-11(16)15-10-8-13(4,5)6/h7-10H2,1-6H3/q+2. The molecule has 0 aromatic heterocycles. The average Bonchev–Trinajstić information content (AvgIpc) is 1.98. The first-order chi connectivity index (χ1) is 7.10. The highest BCUT2D eigenvalue weighted by Crippen LogP contribution is 1.94. The molecular formula is C11H26N2O2S+2. The number of hydrogen-bond donors (Lipinski definition) is 0. The highest BCUT2D eigenvalue weighted by atomic mass is 32.1. The van der Waals surface area contributed by atoms with E-state index in [1.54, 1.807) is 0 Å². The largest absolute Gasteiger partial charge is 0.451 e. The molecular weight excluding hydrogens is 224 g/mol. The Bertz CT molecular complexity index is 197. The Morgan fingerprint density at radius 1 is 0.812 bits per heavy atom. The molecule has 96 valence electrons. The Labute approximate surface area is 105 Å². The topological polar surface area (TPSA) is 18.5 Å². The van der Waals surface area contributed by atoms with E-state index in [-0.39, 0.29) is 5.24 Å². The molecule has 0 radical (unpaired) electrons. The van der Waals surface area contributed by atoms with Crippen molar-refractivity contribution in [1.82, 2.24) is 0 Å². The zero-order valence-electron chi connectivity index (χ0n) is 11.4. The minimum Gasteiger partial charge on any atom is -0.451 e. The fraction of sp³-hybridized carbons (Fsp3) is 0.909. The summed E-state index contributed by atoms with van der Waals surface area (Å²) in [6, 6.07) is 0. The van der Waals surface area contributed by atoms with E-state index in [1.165, 1.54) is 0 Å². The smallest absolute Gasteiger partial charge is 0.352 e. The normalized spacial score (nSPS) is 12.4. The number of hydrogen-bond acceptors (Lipinski definition) is 3. The van der Waals surface area contributed by atoms with Crippen molar-refractivity contribution in [3.05, 3.63) is 0 Å². The van der Waals surface area contributed by atoms with E-state index in [0.717, 1.165) is 22.1 Å². The Morgan fingerprint density at radius 2 is 1.12 bits per heavy atom. The zero-order chi connectivity index (χ0) is 12.8. The highest BCUT2D eigenvalue weighted by Gasteiger charge is 2.10.